The molecule has 1 amide bonds. The van der Waals surface area contributed by atoms with Gasteiger partial charge in [-0.3, -0.25) is 19.2 Å². The Kier molecular flexibility index (Phi) is 18.4. The fraction of sp³-hybridized carbons (Fsp3) is 0.881. The molecular formula is C67H109NO7. The van der Waals surface area contributed by atoms with Gasteiger partial charge in [0.05, 0.1) is 0 Å². The maximum atomic E-state index is 13.9. The van der Waals surface area contributed by atoms with Crippen LogP contribution in [0, 0.1) is 92.7 Å². The number of esters is 3. The average molecular weight is 1040 g/mol. The van der Waals surface area contributed by atoms with Crippen LogP contribution in [0.15, 0.2) is 23.3 Å². The molecule has 0 saturated heterocycles. The third-order valence-electron chi connectivity index (χ3n) is 23.3. The summed E-state index contributed by atoms with van der Waals surface area (Å²) in [6.45, 7) is 29.6. The van der Waals surface area contributed by atoms with Gasteiger partial charge in [-0.05, 0) is 210 Å². The Morgan fingerprint density at radius 2 is 1.00 bits per heavy atom. The standard InChI is InChI=1S/C67H109NO7/c1-43(2)17-14-19-45(5)53-27-29-55-51-25-23-47-39-49(31-35-64(47,10)57(51)33-37-66(53,55)12)73-60(70)22-16-21-59(69)68(42-62(72)75-63(7,8)9)41-61(71)74-50-32-36-65(11)48(40-50)24-26-52-56-30-28-54(46(6)20-15-18-44(3)4)67(56,13)38-34-58(52)65/h23-24,43-46,49-58H,14-22,25-42H2,1-13H3/t45-,46-,49+,50?,51?,52?,53-,54-,55?,56+,57?,58+,64+,65+,66-,67-/m0/s1. The van der Waals surface area contributed by atoms with Crippen LogP contribution in [0.4, 0.5) is 0 Å². The van der Waals surface area contributed by atoms with Gasteiger partial charge in [-0.15, -0.1) is 0 Å². The zero-order chi connectivity index (χ0) is 54.3. The molecular weight excluding hydrogens is 931 g/mol. The summed E-state index contributed by atoms with van der Waals surface area (Å²) in [6.07, 6.45) is 31.7. The maximum Gasteiger partial charge on any atom is 0.326 e. The van der Waals surface area contributed by atoms with Gasteiger partial charge in [-0.2, -0.15) is 0 Å². The monoisotopic (exact) mass is 1040 g/mol. The minimum Gasteiger partial charge on any atom is -0.462 e. The highest BCUT2D eigenvalue weighted by Gasteiger charge is 2.61. The molecule has 424 valence electrons. The summed E-state index contributed by atoms with van der Waals surface area (Å²) in [7, 11) is 0. The molecule has 0 aliphatic heterocycles. The van der Waals surface area contributed by atoms with Crippen LogP contribution < -0.4 is 0 Å². The van der Waals surface area contributed by atoms with Gasteiger partial charge in [0.25, 0.3) is 0 Å². The van der Waals surface area contributed by atoms with E-state index in [1.165, 1.54) is 106 Å². The van der Waals surface area contributed by atoms with Crippen molar-refractivity contribution in [3.8, 4) is 0 Å². The summed E-state index contributed by atoms with van der Waals surface area (Å²) < 4.78 is 18.0. The smallest absolute Gasteiger partial charge is 0.326 e. The minimum atomic E-state index is -0.742. The number of hydrogen-bond acceptors (Lipinski definition) is 7. The second-order valence-electron chi connectivity index (χ2n) is 30.0. The van der Waals surface area contributed by atoms with Crippen molar-refractivity contribution in [1.82, 2.24) is 4.90 Å². The lowest BCUT2D eigenvalue weighted by Crippen LogP contribution is -2.51. The Balaban J connectivity index is 0.810. The van der Waals surface area contributed by atoms with Crippen LogP contribution in [0.5, 0.6) is 0 Å². The van der Waals surface area contributed by atoms with Crippen molar-refractivity contribution in [2.75, 3.05) is 13.1 Å². The Bertz CT molecular complexity index is 2080. The molecule has 8 nitrogen and oxygen atoms in total. The van der Waals surface area contributed by atoms with E-state index in [1.54, 1.807) is 20.8 Å². The summed E-state index contributed by atoms with van der Waals surface area (Å²) in [5.74, 6) is 7.65. The van der Waals surface area contributed by atoms with Gasteiger partial charge in [-0.25, -0.2) is 0 Å². The first-order chi connectivity index (χ1) is 35.3. The minimum absolute atomic E-state index is 0.0227. The van der Waals surface area contributed by atoms with E-state index in [0.717, 1.165) is 111 Å². The summed E-state index contributed by atoms with van der Waals surface area (Å²) in [5.41, 5.74) is 3.43. The summed E-state index contributed by atoms with van der Waals surface area (Å²) in [4.78, 5) is 55.6. The predicted octanol–water partition coefficient (Wildman–Crippen LogP) is 16.2. The van der Waals surface area contributed by atoms with E-state index in [-0.39, 0.29) is 67.3 Å². The van der Waals surface area contributed by atoms with Crippen molar-refractivity contribution >= 4 is 23.8 Å². The second-order valence-corrected chi connectivity index (χ2v) is 30.0. The molecule has 8 aliphatic carbocycles. The highest BCUT2D eigenvalue weighted by atomic mass is 16.6. The normalized spacial score (nSPS) is 37.9. The van der Waals surface area contributed by atoms with E-state index in [9.17, 15) is 19.2 Å². The molecule has 5 unspecified atom stereocenters. The van der Waals surface area contributed by atoms with Crippen molar-refractivity contribution in [3.63, 3.8) is 0 Å². The van der Waals surface area contributed by atoms with E-state index < -0.39 is 17.5 Å². The molecule has 0 aromatic heterocycles. The molecule has 0 bridgehead atoms. The largest absolute Gasteiger partial charge is 0.462 e. The van der Waals surface area contributed by atoms with Gasteiger partial charge in [0, 0.05) is 25.7 Å². The van der Waals surface area contributed by atoms with E-state index in [0.29, 0.717) is 22.7 Å². The fourth-order valence-corrected chi connectivity index (χ4v) is 19.4. The van der Waals surface area contributed by atoms with Crippen molar-refractivity contribution in [2.45, 2.75) is 268 Å². The zero-order valence-electron chi connectivity index (χ0n) is 50.1. The Morgan fingerprint density at radius 1 is 0.547 bits per heavy atom. The van der Waals surface area contributed by atoms with Crippen LogP contribution in [-0.4, -0.2) is 59.6 Å². The van der Waals surface area contributed by atoms with Crippen LogP contribution in [0.3, 0.4) is 0 Å². The topological polar surface area (TPSA) is 99.2 Å². The van der Waals surface area contributed by atoms with Gasteiger partial charge >= 0.3 is 17.9 Å². The summed E-state index contributed by atoms with van der Waals surface area (Å²) >= 11 is 0. The van der Waals surface area contributed by atoms with Crippen LogP contribution >= 0.6 is 0 Å². The average Bonchev–Trinajstić information content (AvgIpc) is 3.87. The molecule has 8 heteroatoms. The van der Waals surface area contributed by atoms with Crippen LogP contribution in [0.1, 0.15) is 251 Å². The van der Waals surface area contributed by atoms with Crippen molar-refractivity contribution < 1.29 is 33.4 Å². The molecule has 6 fully saturated rings. The molecule has 0 spiro atoms. The van der Waals surface area contributed by atoms with Crippen molar-refractivity contribution in [2.24, 2.45) is 92.7 Å². The number of nitrogens with zero attached hydrogens (tertiary/aromatic N) is 1. The highest BCUT2D eigenvalue weighted by molar-refractivity contribution is 5.86. The lowest BCUT2D eigenvalue weighted by atomic mass is 9.47. The van der Waals surface area contributed by atoms with Crippen LogP contribution in [0.2, 0.25) is 0 Å². The number of ether oxygens (including phenoxy) is 3. The van der Waals surface area contributed by atoms with Gasteiger partial charge in [0.2, 0.25) is 5.91 Å². The Morgan fingerprint density at radius 3 is 1.45 bits per heavy atom. The predicted molar refractivity (Wildman–Crippen MR) is 302 cm³/mol. The number of carbonyl (C=O) groups is 4. The summed E-state index contributed by atoms with van der Waals surface area (Å²) in [6, 6.07) is 0. The highest BCUT2D eigenvalue weighted by Crippen LogP contribution is 2.69. The van der Waals surface area contributed by atoms with Gasteiger partial charge in [0.1, 0.15) is 30.9 Å². The molecule has 16 atom stereocenters. The lowest BCUT2D eigenvalue weighted by Gasteiger charge is -2.58. The van der Waals surface area contributed by atoms with Crippen molar-refractivity contribution in [1.29, 1.82) is 0 Å². The van der Waals surface area contributed by atoms with E-state index >= 15 is 0 Å². The number of fused-ring (bicyclic) bond motifs is 10. The lowest BCUT2D eigenvalue weighted by molar-refractivity contribution is -0.163. The second kappa shape index (κ2) is 23.6. The van der Waals surface area contributed by atoms with Crippen LogP contribution in [0.25, 0.3) is 0 Å². The van der Waals surface area contributed by atoms with Crippen LogP contribution in [-0.2, 0) is 33.4 Å². The maximum absolute atomic E-state index is 13.9. The van der Waals surface area contributed by atoms with Crippen molar-refractivity contribution in [3.05, 3.63) is 23.3 Å². The first kappa shape index (κ1) is 58.5. The molecule has 0 heterocycles. The number of amides is 1. The molecule has 8 rings (SSSR count). The number of hydrogen-bond donors (Lipinski definition) is 0. The molecule has 6 saturated carbocycles. The number of allylic oxidation sites excluding steroid dienone is 2. The quantitative estimate of drug-likeness (QED) is 0.0680. The Hall–Kier alpha value is -2.64. The first-order valence-electron chi connectivity index (χ1n) is 31.6. The third kappa shape index (κ3) is 12.7. The molecule has 0 radical (unpaired) electrons. The molecule has 0 aromatic rings. The molecule has 8 aliphatic rings. The van der Waals surface area contributed by atoms with Gasteiger partial charge in [-0.1, -0.05) is 131 Å². The fourth-order valence-electron chi connectivity index (χ4n) is 19.4. The van der Waals surface area contributed by atoms with E-state index in [2.05, 4.69) is 81.4 Å². The first-order valence-corrected chi connectivity index (χ1v) is 31.6. The third-order valence-corrected chi connectivity index (χ3v) is 23.3. The number of rotatable bonds is 20. The molecule has 0 N–H and O–H groups in total. The van der Waals surface area contributed by atoms with E-state index in [4.69, 9.17) is 14.2 Å². The summed E-state index contributed by atoms with van der Waals surface area (Å²) in [5, 5.41) is 0. The molecule has 75 heavy (non-hydrogen) atoms. The SMILES string of the molecule is CC(C)CCC[C@H](C)[C@@H]1CC[C@@H]2C3CC=C4CC(OC(=O)CN(CC(=O)OC(C)(C)C)C(=O)CCCC(=O)O[C@@H]5CC[C@]6(C)C(=CCC7C6CC[C@]6(C)C7CC[C@H]6[C@@H](C)CCCC(C)C)C5)CC[C@@]4(C)[C@@H]3CC[C@]21C. The zero-order valence-corrected chi connectivity index (χ0v) is 50.1. The van der Waals surface area contributed by atoms with Gasteiger partial charge in [0.15, 0.2) is 0 Å². The molecule has 0 aromatic carbocycles. The number of carbonyl (C=O) groups excluding carboxylic acids is 4. The van der Waals surface area contributed by atoms with Gasteiger partial charge < -0.3 is 19.1 Å². The Labute approximate surface area is 457 Å². The van der Waals surface area contributed by atoms with E-state index in [1.807, 2.05) is 0 Å².